The van der Waals surface area contributed by atoms with Crippen LogP contribution in [0, 0.1) is 0 Å². The van der Waals surface area contributed by atoms with Crippen LogP contribution in [-0.2, 0) is 16.0 Å². The van der Waals surface area contributed by atoms with Crippen LogP contribution in [0.2, 0.25) is 0 Å². The molecule has 7 nitrogen and oxygen atoms in total. The number of nitrogens with one attached hydrogen (secondary N) is 4. The molecular formula is C21H24N4O3S2. The Kier molecular flexibility index (Phi) is 9.17. The van der Waals surface area contributed by atoms with Crippen LogP contribution in [0.25, 0.3) is 0 Å². The van der Waals surface area contributed by atoms with Gasteiger partial charge in [0.1, 0.15) is 5.75 Å². The highest BCUT2D eigenvalue weighted by Gasteiger charge is 2.07. The molecule has 9 heteroatoms. The maximum absolute atomic E-state index is 12.0. The molecule has 0 bridgehead atoms. The normalized spacial score (nSPS) is 9.93. The predicted molar refractivity (Wildman–Crippen MR) is 127 cm³/mol. The first-order chi connectivity index (χ1) is 14.4. The van der Waals surface area contributed by atoms with Gasteiger partial charge in [-0.05, 0) is 72.8 Å². The van der Waals surface area contributed by atoms with Gasteiger partial charge >= 0.3 is 0 Å². The van der Waals surface area contributed by atoms with Crippen molar-refractivity contribution in [3.63, 3.8) is 0 Å². The Morgan fingerprint density at radius 1 is 0.800 bits per heavy atom. The van der Waals surface area contributed by atoms with Crippen LogP contribution in [0.1, 0.15) is 25.8 Å². The maximum atomic E-state index is 12.0. The van der Waals surface area contributed by atoms with Gasteiger partial charge in [-0.1, -0.05) is 26.0 Å². The molecule has 0 aliphatic rings. The van der Waals surface area contributed by atoms with Gasteiger partial charge in [-0.25, -0.2) is 0 Å². The Morgan fingerprint density at radius 3 is 1.77 bits per heavy atom. The second-order valence-electron chi connectivity index (χ2n) is 6.22. The van der Waals surface area contributed by atoms with E-state index in [9.17, 15) is 9.59 Å². The van der Waals surface area contributed by atoms with Gasteiger partial charge in [0.25, 0.3) is 5.91 Å². The number of carbonyl (C=O) groups is 2. The summed E-state index contributed by atoms with van der Waals surface area (Å²) in [6.45, 7) is 3.68. The van der Waals surface area contributed by atoms with Crippen molar-refractivity contribution >= 4 is 57.8 Å². The van der Waals surface area contributed by atoms with E-state index >= 15 is 0 Å². The monoisotopic (exact) mass is 444 g/mol. The van der Waals surface area contributed by atoms with Crippen molar-refractivity contribution in [2.45, 2.75) is 26.7 Å². The van der Waals surface area contributed by atoms with E-state index in [0.717, 1.165) is 6.42 Å². The fraction of sp³-hybridized carbons (Fsp3) is 0.238. The van der Waals surface area contributed by atoms with Gasteiger partial charge in [0, 0.05) is 17.8 Å². The number of aryl methyl sites for hydroxylation is 1. The van der Waals surface area contributed by atoms with Gasteiger partial charge in [-0.3, -0.25) is 14.9 Å². The molecule has 0 aliphatic heterocycles. The molecule has 0 atom stereocenters. The summed E-state index contributed by atoms with van der Waals surface area (Å²) in [7, 11) is 0. The molecule has 0 fully saturated rings. The molecule has 2 amide bonds. The smallest absolute Gasteiger partial charge is 0.264 e. The quantitative estimate of drug-likeness (QED) is 0.487. The zero-order valence-corrected chi connectivity index (χ0v) is 18.4. The van der Waals surface area contributed by atoms with E-state index in [0.29, 0.717) is 23.5 Å². The average Bonchev–Trinajstić information content (AvgIpc) is 2.73. The lowest BCUT2D eigenvalue weighted by Gasteiger charge is -2.12. The highest BCUT2D eigenvalue weighted by Crippen LogP contribution is 2.14. The van der Waals surface area contributed by atoms with E-state index in [1.165, 1.54) is 5.56 Å². The lowest BCUT2D eigenvalue weighted by Crippen LogP contribution is -2.37. The van der Waals surface area contributed by atoms with Crippen molar-refractivity contribution in [2.24, 2.45) is 0 Å². The number of hydrogen-bond acceptors (Lipinski definition) is 5. The molecule has 0 saturated carbocycles. The van der Waals surface area contributed by atoms with Gasteiger partial charge in [-0.15, -0.1) is 0 Å². The van der Waals surface area contributed by atoms with E-state index < -0.39 is 0 Å². The Balaban J connectivity index is 1.76. The summed E-state index contributed by atoms with van der Waals surface area (Å²) >= 11 is 10.2. The van der Waals surface area contributed by atoms with Gasteiger partial charge < -0.3 is 20.7 Å². The zero-order valence-electron chi connectivity index (χ0n) is 16.8. The Hall–Kier alpha value is -3.04. The van der Waals surface area contributed by atoms with E-state index in [4.69, 9.17) is 29.2 Å². The van der Waals surface area contributed by atoms with E-state index in [1.54, 1.807) is 31.2 Å². The molecule has 2 aromatic carbocycles. The minimum absolute atomic E-state index is 0.142. The lowest BCUT2D eigenvalue weighted by molar-refractivity contribution is -0.121. The van der Waals surface area contributed by atoms with Crippen LogP contribution in [0.4, 0.5) is 11.4 Å². The molecule has 0 aromatic heterocycles. The number of amides is 2. The third-order valence-electron chi connectivity index (χ3n) is 3.93. The molecule has 2 rings (SSSR count). The number of ether oxygens (including phenoxy) is 1. The fourth-order valence-electron chi connectivity index (χ4n) is 2.31. The van der Waals surface area contributed by atoms with E-state index in [2.05, 4.69) is 28.2 Å². The molecule has 0 saturated heterocycles. The summed E-state index contributed by atoms with van der Waals surface area (Å²) in [6.07, 6.45) is 1.30. The molecule has 0 radical (unpaired) electrons. The number of thiocarbonyl (C=S) groups is 2. The van der Waals surface area contributed by atoms with Crippen LogP contribution in [-0.4, -0.2) is 28.6 Å². The SMILES string of the molecule is CCC(=O)NC(=S)Nc1ccc(NC(=S)NC(=O)COc2ccc(CC)cc2)cc1. The maximum Gasteiger partial charge on any atom is 0.264 e. The summed E-state index contributed by atoms with van der Waals surface area (Å²) in [4.78, 5) is 23.3. The van der Waals surface area contributed by atoms with Crippen LogP contribution in [0.3, 0.4) is 0 Å². The number of benzene rings is 2. The predicted octanol–water partition coefficient (Wildman–Crippen LogP) is 3.36. The lowest BCUT2D eigenvalue weighted by atomic mass is 10.2. The number of rotatable bonds is 7. The largest absolute Gasteiger partial charge is 0.484 e. The summed E-state index contributed by atoms with van der Waals surface area (Å²) in [5.41, 5.74) is 2.59. The van der Waals surface area contributed by atoms with Crippen LogP contribution < -0.4 is 26.0 Å². The van der Waals surface area contributed by atoms with E-state index in [-0.39, 0.29) is 28.6 Å². The minimum atomic E-state index is -0.359. The molecule has 0 aliphatic carbocycles. The molecule has 0 spiro atoms. The zero-order chi connectivity index (χ0) is 21.9. The van der Waals surface area contributed by atoms with Gasteiger partial charge in [0.15, 0.2) is 16.8 Å². The standard InChI is InChI=1S/C21H24N4O3S2/c1-3-14-5-11-17(12-6-14)28-13-19(27)25-21(30)23-16-9-7-15(8-10-16)22-20(29)24-18(26)4-2/h5-12H,3-4,13H2,1-2H3,(H2,22,24,26,29)(H2,23,25,27,30). The van der Waals surface area contributed by atoms with Crippen LogP contribution >= 0.6 is 24.4 Å². The first-order valence-electron chi connectivity index (χ1n) is 9.43. The highest BCUT2D eigenvalue weighted by molar-refractivity contribution is 7.80. The van der Waals surface area contributed by atoms with Crippen LogP contribution in [0.5, 0.6) is 5.75 Å². The second kappa shape index (κ2) is 11.8. The van der Waals surface area contributed by atoms with Gasteiger partial charge in [0.05, 0.1) is 0 Å². The molecule has 158 valence electrons. The molecule has 2 aromatic rings. The number of hydrogen-bond donors (Lipinski definition) is 4. The van der Waals surface area contributed by atoms with Crippen molar-refractivity contribution in [1.29, 1.82) is 0 Å². The third-order valence-corrected chi connectivity index (χ3v) is 4.34. The summed E-state index contributed by atoms with van der Waals surface area (Å²) in [5, 5.41) is 11.4. The Morgan fingerprint density at radius 2 is 1.30 bits per heavy atom. The molecule has 4 N–H and O–H groups in total. The highest BCUT2D eigenvalue weighted by atomic mass is 32.1. The average molecular weight is 445 g/mol. The van der Waals surface area contributed by atoms with E-state index in [1.807, 2.05) is 24.3 Å². The Labute approximate surface area is 186 Å². The molecule has 0 unspecified atom stereocenters. The fourth-order valence-corrected chi connectivity index (χ4v) is 2.77. The summed E-state index contributed by atoms with van der Waals surface area (Å²) < 4.78 is 5.46. The molecular weight excluding hydrogens is 420 g/mol. The Bertz CT molecular complexity index is 899. The second-order valence-corrected chi connectivity index (χ2v) is 7.04. The van der Waals surface area contributed by atoms with Crippen LogP contribution in [0.15, 0.2) is 48.5 Å². The van der Waals surface area contributed by atoms with Crippen molar-refractivity contribution in [3.05, 3.63) is 54.1 Å². The first kappa shape index (κ1) is 23.2. The summed E-state index contributed by atoms with van der Waals surface area (Å²) in [5.74, 6) is 0.105. The first-order valence-corrected chi connectivity index (χ1v) is 10.2. The number of anilines is 2. The van der Waals surface area contributed by atoms with Crippen molar-refractivity contribution in [3.8, 4) is 5.75 Å². The van der Waals surface area contributed by atoms with Crippen molar-refractivity contribution in [1.82, 2.24) is 10.6 Å². The molecule has 0 heterocycles. The number of carbonyl (C=O) groups excluding carboxylic acids is 2. The van der Waals surface area contributed by atoms with Crippen molar-refractivity contribution < 1.29 is 14.3 Å². The molecule has 30 heavy (non-hydrogen) atoms. The topological polar surface area (TPSA) is 91.5 Å². The summed E-state index contributed by atoms with van der Waals surface area (Å²) in [6, 6.07) is 14.6. The third kappa shape index (κ3) is 8.14. The van der Waals surface area contributed by atoms with Gasteiger partial charge in [0.2, 0.25) is 5.91 Å². The van der Waals surface area contributed by atoms with Crippen molar-refractivity contribution in [2.75, 3.05) is 17.2 Å². The van der Waals surface area contributed by atoms with Gasteiger partial charge in [-0.2, -0.15) is 0 Å². The minimum Gasteiger partial charge on any atom is -0.484 e.